The number of hydrogen-bond acceptors (Lipinski definition) is 6. The largest absolute Gasteiger partial charge is 0.444 e. The Morgan fingerprint density at radius 3 is 2.85 bits per heavy atom. The molecule has 0 aliphatic carbocycles. The third-order valence-electron chi connectivity index (χ3n) is 3.02. The molecule has 1 unspecified atom stereocenters. The Balaban J connectivity index is 1.94. The number of nitrogens with one attached hydrogen (secondary N) is 1. The Hall–Kier alpha value is -2.63. The lowest BCUT2D eigenvalue weighted by atomic mass is 10.2. The van der Waals surface area contributed by atoms with E-state index >= 15 is 0 Å². The van der Waals surface area contributed by atoms with E-state index in [2.05, 4.69) is 20.3 Å². The Morgan fingerprint density at radius 2 is 2.10 bits per heavy atom. The standard InChI is InChI=1S/C14H15N5O/c1-8-6-16-14(20-8)9(2)19-13-11-4-3-10(15)5-12(11)17-7-18-13/h3-7,9H,15H2,1-2H3,(H,17,18,19). The van der Waals surface area contributed by atoms with Gasteiger partial charge in [-0.25, -0.2) is 15.0 Å². The fourth-order valence-electron chi connectivity index (χ4n) is 2.03. The van der Waals surface area contributed by atoms with E-state index in [1.807, 2.05) is 32.0 Å². The summed E-state index contributed by atoms with van der Waals surface area (Å²) in [6.07, 6.45) is 3.21. The van der Waals surface area contributed by atoms with E-state index in [4.69, 9.17) is 10.2 Å². The Labute approximate surface area is 116 Å². The van der Waals surface area contributed by atoms with E-state index in [0.29, 0.717) is 11.6 Å². The van der Waals surface area contributed by atoms with Gasteiger partial charge in [-0.15, -0.1) is 0 Å². The summed E-state index contributed by atoms with van der Waals surface area (Å²) >= 11 is 0. The minimum Gasteiger partial charge on any atom is -0.444 e. The SMILES string of the molecule is Cc1cnc(C(C)Nc2ncnc3cc(N)ccc23)o1. The maximum absolute atomic E-state index is 5.76. The molecule has 3 N–H and O–H groups in total. The Bertz CT molecular complexity index is 752. The Morgan fingerprint density at radius 1 is 1.25 bits per heavy atom. The van der Waals surface area contributed by atoms with Crippen molar-refractivity contribution < 1.29 is 4.42 Å². The summed E-state index contributed by atoms with van der Waals surface area (Å²) in [6.45, 7) is 3.84. The molecule has 0 aliphatic rings. The molecule has 3 rings (SSSR count). The van der Waals surface area contributed by atoms with Crippen molar-refractivity contribution in [1.82, 2.24) is 15.0 Å². The van der Waals surface area contributed by atoms with Gasteiger partial charge < -0.3 is 15.5 Å². The number of aryl methyl sites for hydroxylation is 1. The first-order valence-corrected chi connectivity index (χ1v) is 6.32. The summed E-state index contributed by atoms with van der Waals surface area (Å²) in [5.74, 6) is 2.15. The number of aromatic nitrogens is 3. The molecule has 0 saturated heterocycles. The van der Waals surface area contributed by atoms with Crippen LogP contribution in [0.5, 0.6) is 0 Å². The molecule has 6 heteroatoms. The molecule has 1 atom stereocenters. The fraction of sp³-hybridized carbons (Fsp3) is 0.214. The average Bonchev–Trinajstić information content (AvgIpc) is 2.85. The number of rotatable bonds is 3. The molecule has 0 aliphatic heterocycles. The van der Waals surface area contributed by atoms with E-state index in [9.17, 15) is 0 Å². The maximum atomic E-state index is 5.76. The molecule has 0 saturated carbocycles. The second-order valence-electron chi connectivity index (χ2n) is 4.67. The second-order valence-corrected chi connectivity index (χ2v) is 4.67. The average molecular weight is 269 g/mol. The van der Waals surface area contributed by atoms with Crippen molar-refractivity contribution in [3.8, 4) is 0 Å². The molecule has 2 heterocycles. The van der Waals surface area contributed by atoms with Gasteiger partial charge in [0.05, 0.1) is 11.7 Å². The highest BCUT2D eigenvalue weighted by Crippen LogP contribution is 2.25. The predicted octanol–water partition coefficient (Wildman–Crippen LogP) is 2.68. The molecule has 0 fully saturated rings. The van der Waals surface area contributed by atoms with E-state index < -0.39 is 0 Å². The van der Waals surface area contributed by atoms with Crippen molar-refractivity contribution >= 4 is 22.4 Å². The maximum Gasteiger partial charge on any atom is 0.216 e. The highest BCUT2D eigenvalue weighted by atomic mass is 16.4. The third kappa shape index (κ3) is 2.27. The first kappa shape index (κ1) is 12.4. The first-order chi connectivity index (χ1) is 9.63. The molecule has 6 nitrogen and oxygen atoms in total. The summed E-state index contributed by atoms with van der Waals surface area (Å²) in [5, 5.41) is 4.20. The molecule has 20 heavy (non-hydrogen) atoms. The molecule has 0 radical (unpaired) electrons. The van der Waals surface area contributed by atoms with Gasteiger partial charge in [-0.3, -0.25) is 0 Å². The topological polar surface area (TPSA) is 89.9 Å². The normalized spacial score (nSPS) is 12.5. The van der Waals surface area contributed by atoms with Crippen LogP contribution < -0.4 is 11.1 Å². The summed E-state index contributed by atoms with van der Waals surface area (Å²) in [4.78, 5) is 12.7. The van der Waals surface area contributed by atoms with Gasteiger partial charge in [0.1, 0.15) is 23.9 Å². The van der Waals surface area contributed by atoms with Gasteiger partial charge in [0.15, 0.2) is 0 Å². The lowest BCUT2D eigenvalue weighted by molar-refractivity contribution is 0.453. The smallest absolute Gasteiger partial charge is 0.216 e. The van der Waals surface area contributed by atoms with Crippen LogP contribution >= 0.6 is 0 Å². The minimum atomic E-state index is -0.0839. The first-order valence-electron chi connectivity index (χ1n) is 6.32. The molecular formula is C14H15N5O. The minimum absolute atomic E-state index is 0.0839. The van der Waals surface area contributed by atoms with E-state index in [0.717, 1.165) is 22.5 Å². The van der Waals surface area contributed by atoms with Crippen molar-refractivity contribution in [2.45, 2.75) is 19.9 Å². The van der Waals surface area contributed by atoms with Crippen molar-refractivity contribution in [2.24, 2.45) is 0 Å². The summed E-state index contributed by atoms with van der Waals surface area (Å²) < 4.78 is 5.51. The van der Waals surface area contributed by atoms with Crippen LogP contribution in [0.1, 0.15) is 24.6 Å². The highest BCUT2D eigenvalue weighted by Gasteiger charge is 2.13. The lowest BCUT2D eigenvalue weighted by Gasteiger charge is -2.12. The molecule has 1 aromatic carbocycles. The zero-order valence-corrected chi connectivity index (χ0v) is 11.3. The van der Waals surface area contributed by atoms with Crippen LogP contribution in [0.15, 0.2) is 35.1 Å². The number of nitrogens with zero attached hydrogens (tertiary/aromatic N) is 3. The van der Waals surface area contributed by atoms with Gasteiger partial charge >= 0.3 is 0 Å². The predicted molar refractivity (Wildman–Crippen MR) is 77.2 cm³/mol. The van der Waals surface area contributed by atoms with E-state index in [1.165, 1.54) is 6.33 Å². The van der Waals surface area contributed by atoms with Crippen molar-refractivity contribution in [1.29, 1.82) is 0 Å². The summed E-state index contributed by atoms with van der Waals surface area (Å²) in [5.41, 5.74) is 7.25. The molecule has 0 bridgehead atoms. The monoisotopic (exact) mass is 269 g/mol. The number of oxazole rings is 1. The lowest BCUT2D eigenvalue weighted by Crippen LogP contribution is -2.09. The summed E-state index contributed by atoms with van der Waals surface area (Å²) in [6, 6.07) is 5.47. The van der Waals surface area contributed by atoms with Crippen molar-refractivity contribution in [3.05, 3.63) is 42.4 Å². The van der Waals surface area contributed by atoms with Crippen LogP contribution in [-0.2, 0) is 0 Å². The van der Waals surface area contributed by atoms with E-state index in [1.54, 1.807) is 6.20 Å². The molecule has 0 amide bonds. The van der Waals surface area contributed by atoms with Gasteiger partial charge in [0, 0.05) is 11.1 Å². The van der Waals surface area contributed by atoms with Crippen LogP contribution in [0.2, 0.25) is 0 Å². The van der Waals surface area contributed by atoms with Gasteiger partial charge in [0.2, 0.25) is 5.89 Å². The molecule has 102 valence electrons. The van der Waals surface area contributed by atoms with Gasteiger partial charge in [-0.05, 0) is 32.0 Å². The summed E-state index contributed by atoms with van der Waals surface area (Å²) in [7, 11) is 0. The van der Waals surface area contributed by atoms with Crippen LogP contribution in [0, 0.1) is 6.92 Å². The second kappa shape index (κ2) is 4.80. The molecule has 2 aromatic heterocycles. The van der Waals surface area contributed by atoms with Crippen LogP contribution in [0.4, 0.5) is 11.5 Å². The zero-order valence-electron chi connectivity index (χ0n) is 11.3. The molecular weight excluding hydrogens is 254 g/mol. The van der Waals surface area contributed by atoms with Crippen LogP contribution in [-0.4, -0.2) is 15.0 Å². The van der Waals surface area contributed by atoms with Crippen LogP contribution in [0.25, 0.3) is 10.9 Å². The third-order valence-corrected chi connectivity index (χ3v) is 3.02. The fourth-order valence-corrected chi connectivity index (χ4v) is 2.03. The van der Waals surface area contributed by atoms with Crippen LogP contribution in [0.3, 0.4) is 0 Å². The van der Waals surface area contributed by atoms with Gasteiger partial charge in [-0.1, -0.05) is 0 Å². The molecule has 0 spiro atoms. The number of nitrogen functional groups attached to an aromatic ring is 1. The number of anilines is 2. The van der Waals surface area contributed by atoms with Crippen molar-refractivity contribution in [3.63, 3.8) is 0 Å². The molecule has 3 aromatic rings. The zero-order chi connectivity index (χ0) is 14.1. The number of benzene rings is 1. The quantitative estimate of drug-likeness (QED) is 0.710. The van der Waals surface area contributed by atoms with Gasteiger partial charge in [-0.2, -0.15) is 0 Å². The Kier molecular flexibility index (Phi) is 2.98. The van der Waals surface area contributed by atoms with Gasteiger partial charge in [0.25, 0.3) is 0 Å². The van der Waals surface area contributed by atoms with E-state index in [-0.39, 0.29) is 6.04 Å². The van der Waals surface area contributed by atoms with Crippen molar-refractivity contribution in [2.75, 3.05) is 11.1 Å². The highest BCUT2D eigenvalue weighted by molar-refractivity contribution is 5.90. The number of fused-ring (bicyclic) bond motifs is 1. The number of nitrogens with two attached hydrogens (primary N) is 1. The number of hydrogen-bond donors (Lipinski definition) is 2.